The molecule has 0 radical (unpaired) electrons. The Morgan fingerprint density at radius 3 is 2.69 bits per heavy atom. The number of rotatable bonds is 3. The average Bonchev–Trinajstić information content (AvgIpc) is 2.16. The summed E-state index contributed by atoms with van der Waals surface area (Å²) in [6, 6.07) is 3.94. The van der Waals surface area contributed by atoms with E-state index in [9.17, 15) is 4.79 Å². The molecule has 13 heavy (non-hydrogen) atoms. The first-order valence-electron chi connectivity index (χ1n) is 4.04. The zero-order chi connectivity index (χ0) is 9.68. The van der Waals surface area contributed by atoms with Gasteiger partial charge in [-0.15, -0.1) is 0 Å². The van der Waals surface area contributed by atoms with Crippen LogP contribution in [0, 0.1) is 0 Å². The molecule has 1 N–H and O–H groups in total. The van der Waals surface area contributed by atoms with Gasteiger partial charge in [0.2, 0.25) is 5.91 Å². The molecule has 0 fully saturated rings. The Kier molecular flexibility index (Phi) is 3.76. The molecule has 1 aromatic rings. The molecule has 0 atom stereocenters. The zero-order valence-electron chi connectivity index (χ0n) is 7.53. The summed E-state index contributed by atoms with van der Waals surface area (Å²) in [4.78, 5) is 10.9. The number of carbonyl (C=O) groups is 1. The summed E-state index contributed by atoms with van der Waals surface area (Å²) in [5, 5.41) is 2.74. The summed E-state index contributed by atoms with van der Waals surface area (Å²) in [6.07, 6.45) is 3.89. The molecule has 1 rings (SSSR count). The number of carbonyl (C=O) groups excluding carboxylic acids is 1. The van der Waals surface area contributed by atoms with Crippen LogP contribution in [-0.4, -0.2) is 11.7 Å². The topological polar surface area (TPSA) is 33.0 Å². The van der Waals surface area contributed by atoms with Gasteiger partial charge in [-0.3, -0.25) is 4.79 Å². The summed E-state index contributed by atoms with van der Waals surface area (Å²) in [7, 11) is 1.95. The highest BCUT2D eigenvalue weighted by Gasteiger charge is 1.98. The van der Waals surface area contributed by atoms with Crippen molar-refractivity contribution in [1.29, 1.82) is 0 Å². The number of nitrogens with one attached hydrogen (secondary N) is 1. The van der Waals surface area contributed by atoms with Crippen LogP contribution in [-0.2, 0) is 18.4 Å². The van der Waals surface area contributed by atoms with Crippen LogP contribution in [0.1, 0.15) is 5.56 Å². The number of nitrogens with zero attached hydrogens (tertiary/aromatic N) is 1. The Balaban J connectivity index is 2.46. The van der Waals surface area contributed by atoms with Crippen LogP contribution in [0.25, 0.3) is 0 Å². The first kappa shape index (κ1) is 10.1. The average molecular weight is 197 g/mol. The summed E-state index contributed by atoms with van der Waals surface area (Å²) in [5.41, 5.74) is 1.09. The minimum absolute atomic E-state index is 0.0449. The highest BCUT2D eigenvalue weighted by atomic mass is 32.1. The first-order valence-corrected chi connectivity index (χ1v) is 4.67. The molecule has 0 bridgehead atoms. The van der Waals surface area contributed by atoms with E-state index in [1.165, 1.54) is 0 Å². The summed E-state index contributed by atoms with van der Waals surface area (Å²) in [5.74, 6) is 0.192. The van der Waals surface area contributed by atoms with E-state index in [-0.39, 0.29) is 11.7 Å². The van der Waals surface area contributed by atoms with Crippen molar-refractivity contribution >= 4 is 18.5 Å². The number of aryl methyl sites for hydroxylation is 1. The number of thiol groups is 1. The molecule has 1 aromatic heterocycles. The smallest absolute Gasteiger partial charge is 0.229 e. The van der Waals surface area contributed by atoms with Crippen LogP contribution in [0.4, 0.5) is 0 Å². The monoisotopic (exact) mass is 197 g/mol. The Morgan fingerprint density at radius 1 is 1.54 bits per heavy atom. The van der Waals surface area contributed by atoms with Crippen LogP contribution in [0.2, 0.25) is 0 Å². The molecule has 0 saturated carbocycles. The number of pyridine rings is 1. The van der Waals surface area contributed by atoms with Gasteiger partial charge < -0.3 is 5.32 Å². The Labute approximate surface area is 83.2 Å². The maximum atomic E-state index is 10.9. The first-order chi connectivity index (χ1) is 6.22. The third-order valence-corrected chi connectivity index (χ3v) is 1.97. The van der Waals surface area contributed by atoms with Crippen molar-refractivity contribution in [1.82, 2.24) is 5.32 Å². The molecule has 0 spiro atoms. The fraction of sp³-hybridized carbons (Fsp3) is 0.333. The fourth-order valence-electron chi connectivity index (χ4n) is 0.906. The molecule has 3 nitrogen and oxygen atoms in total. The lowest BCUT2D eigenvalue weighted by Gasteiger charge is -2.01. The molecule has 0 aliphatic carbocycles. The van der Waals surface area contributed by atoms with Crippen LogP contribution in [0.5, 0.6) is 0 Å². The highest BCUT2D eigenvalue weighted by Crippen LogP contribution is 1.93. The van der Waals surface area contributed by atoms with Gasteiger partial charge in [0.25, 0.3) is 0 Å². The second-order valence-corrected chi connectivity index (χ2v) is 3.12. The van der Waals surface area contributed by atoms with Gasteiger partial charge in [-0.2, -0.15) is 12.6 Å². The lowest BCUT2D eigenvalue weighted by atomic mass is 10.2. The van der Waals surface area contributed by atoms with E-state index in [2.05, 4.69) is 17.9 Å². The predicted octanol–water partition coefficient (Wildman–Crippen LogP) is 0.0571. The second kappa shape index (κ2) is 4.87. The number of hydrogen-bond acceptors (Lipinski definition) is 2. The lowest BCUT2D eigenvalue weighted by molar-refractivity contribution is -0.671. The quantitative estimate of drug-likeness (QED) is 0.521. The Bertz CT molecular complexity index is 284. The van der Waals surface area contributed by atoms with Crippen molar-refractivity contribution in [2.75, 3.05) is 5.75 Å². The second-order valence-electron chi connectivity index (χ2n) is 2.81. The van der Waals surface area contributed by atoms with E-state index < -0.39 is 0 Å². The van der Waals surface area contributed by atoms with Crippen LogP contribution in [0.15, 0.2) is 24.5 Å². The van der Waals surface area contributed by atoms with E-state index >= 15 is 0 Å². The molecular formula is C9H13N2OS+. The van der Waals surface area contributed by atoms with Crippen LogP contribution in [0.3, 0.4) is 0 Å². The summed E-state index contributed by atoms with van der Waals surface area (Å²) < 4.78 is 1.95. The Hall–Kier alpha value is -1.03. The van der Waals surface area contributed by atoms with Gasteiger partial charge in [0, 0.05) is 18.7 Å². The highest BCUT2D eigenvalue weighted by molar-refractivity contribution is 7.81. The molecule has 0 aromatic carbocycles. The molecule has 0 aliphatic rings. The van der Waals surface area contributed by atoms with E-state index in [0.29, 0.717) is 6.54 Å². The Morgan fingerprint density at radius 2 is 2.15 bits per heavy atom. The minimum Gasteiger partial charge on any atom is -0.351 e. The standard InChI is InChI=1S/C9H12N2OS/c1-11-4-2-8(3-5-11)6-10-9(12)7-13/h2-5H,6-7H2,1H3,(H-,10,12,13)/p+1. The van der Waals surface area contributed by atoms with E-state index in [4.69, 9.17) is 0 Å². The summed E-state index contributed by atoms with van der Waals surface area (Å²) >= 11 is 3.86. The number of hydrogen-bond donors (Lipinski definition) is 2. The van der Waals surface area contributed by atoms with Crippen molar-refractivity contribution in [3.8, 4) is 0 Å². The van der Waals surface area contributed by atoms with Gasteiger partial charge in [0.1, 0.15) is 7.05 Å². The molecule has 1 amide bonds. The van der Waals surface area contributed by atoms with E-state index in [0.717, 1.165) is 5.56 Å². The predicted molar refractivity (Wildman–Crippen MR) is 53.3 cm³/mol. The fourth-order valence-corrected chi connectivity index (χ4v) is 1.02. The third-order valence-electron chi connectivity index (χ3n) is 1.68. The minimum atomic E-state index is -0.0449. The van der Waals surface area contributed by atoms with E-state index in [1.807, 2.05) is 36.1 Å². The summed E-state index contributed by atoms with van der Waals surface area (Å²) in [6.45, 7) is 0.570. The largest absolute Gasteiger partial charge is 0.351 e. The molecule has 0 unspecified atom stereocenters. The zero-order valence-corrected chi connectivity index (χ0v) is 8.42. The molecule has 0 aliphatic heterocycles. The van der Waals surface area contributed by atoms with Crippen molar-refractivity contribution in [3.63, 3.8) is 0 Å². The third kappa shape index (κ3) is 3.46. The molecule has 70 valence electrons. The van der Waals surface area contributed by atoms with Gasteiger partial charge in [-0.1, -0.05) is 0 Å². The van der Waals surface area contributed by atoms with Gasteiger partial charge in [-0.05, 0) is 5.56 Å². The van der Waals surface area contributed by atoms with Gasteiger partial charge in [-0.25, -0.2) is 4.57 Å². The van der Waals surface area contributed by atoms with Gasteiger partial charge >= 0.3 is 0 Å². The molecule has 4 heteroatoms. The van der Waals surface area contributed by atoms with Crippen molar-refractivity contribution in [3.05, 3.63) is 30.1 Å². The maximum Gasteiger partial charge on any atom is 0.229 e. The van der Waals surface area contributed by atoms with Crippen molar-refractivity contribution in [2.45, 2.75) is 6.54 Å². The molecular weight excluding hydrogens is 184 g/mol. The van der Waals surface area contributed by atoms with E-state index in [1.54, 1.807) is 0 Å². The van der Waals surface area contributed by atoms with Crippen molar-refractivity contribution in [2.24, 2.45) is 7.05 Å². The normalized spacial score (nSPS) is 9.69. The molecule has 0 saturated heterocycles. The van der Waals surface area contributed by atoms with Crippen LogP contribution >= 0.6 is 12.6 Å². The molecule has 1 heterocycles. The lowest BCUT2D eigenvalue weighted by Crippen LogP contribution is -2.28. The van der Waals surface area contributed by atoms with Gasteiger partial charge in [0.15, 0.2) is 12.4 Å². The van der Waals surface area contributed by atoms with Gasteiger partial charge in [0.05, 0.1) is 5.75 Å². The SMILES string of the molecule is C[n+]1ccc(CNC(=O)CS)cc1. The van der Waals surface area contributed by atoms with Crippen molar-refractivity contribution < 1.29 is 9.36 Å². The van der Waals surface area contributed by atoms with Crippen LogP contribution < -0.4 is 9.88 Å². The number of amides is 1. The maximum absolute atomic E-state index is 10.9. The number of aromatic nitrogens is 1.